The summed E-state index contributed by atoms with van der Waals surface area (Å²) in [5, 5.41) is 0. The quantitative estimate of drug-likeness (QED) is 0.559. The molecular weight excluding hydrogens is 160 g/mol. The van der Waals surface area contributed by atoms with Crippen LogP contribution in [0.15, 0.2) is 0 Å². The molecular formula is C12H20O. The van der Waals surface area contributed by atoms with Crippen molar-refractivity contribution in [3.8, 4) is 0 Å². The standard InChI is InChI=1S/C12H20O/c1-9-7-10-5-3-4-6-12(10,2)11(13)8-9/h9-10H,3-8H2,1-2H3/t9-,10+,12-/m0/s1. The van der Waals surface area contributed by atoms with Crippen LogP contribution in [0.5, 0.6) is 0 Å². The molecule has 0 N–H and O–H groups in total. The first-order valence-electron chi connectivity index (χ1n) is 5.66. The van der Waals surface area contributed by atoms with E-state index in [0.717, 1.165) is 12.8 Å². The fourth-order valence-electron chi connectivity index (χ4n) is 3.27. The Kier molecular flexibility index (Phi) is 2.21. The van der Waals surface area contributed by atoms with Gasteiger partial charge in [0.05, 0.1) is 0 Å². The Balaban J connectivity index is 2.20. The minimum absolute atomic E-state index is 0.0742. The lowest BCUT2D eigenvalue weighted by Gasteiger charge is -2.45. The summed E-state index contributed by atoms with van der Waals surface area (Å²) in [6, 6.07) is 0. The molecule has 13 heavy (non-hydrogen) atoms. The van der Waals surface area contributed by atoms with Crippen molar-refractivity contribution in [3.05, 3.63) is 0 Å². The summed E-state index contributed by atoms with van der Waals surface area (Å²) in [4.78, 5) is 12.0. The highest BCUT2D eigenvalue weighted by molar-refractivity contribution is 5.85. The van der Waals surface area contributed by atoms with Crippen LogP contribution >= 0.6 is 0 Å². The largest absolute Gasteiger partial charge is 0.299 e. The van der Waals surface area contributed by atoms with Crippen molar-refractivity contribution >= 4 is 5.78 Å². The number of carbonyl (C=O) groups is 1. The van der Waals surface area contributed by atoms with Gasteiger partial charge in [-0.1, -0.05) is 26.7 Å². The van der Waals surface area contributed by atoms with E-state index in [1.54, 1.807) is 0 Å². The highest BCUT2D eigenvalue weighted by atomic mass is 16.1. The fraction of sp³-hybridized carbons (Fsp3) is 0.917. The van der Waals surface area contributed by atoms with Gasteiger partial charge in [-0.3, -0.25) is 4.79 Å². The zero-order chi connectivity index (χ0) is 9.47. The van der Waals surface area contributed by atoms with Crippen LogP contribution in [-0.4, -0.2) is 5.78 Å². The van der Waals surface area contributed by atoms with Gasteiger partial charge in [-0.15, -0.1) is 0 Å². The first kappa shape index (κ1) is 9.23. The molecule has 2 aliphatic carbocycles. The number of carbonyl (C=O) groups excluding carboxylic acids is 1. The Morgan fingerprint density at radius 3 is 2.92 bits per heavy atom. The Bertz CT molecular complexity index is 221. The maximum absolute atomic E-state index is 12.0. The van der Waals surface area contributed by atoms with Gasteiger partial charge in [0.25, 0.3) is 0 Å². The molecule has 2 aliphatic rings. The summed E-state index contributed by atoms with van der Waals surface area (Å²) < 4.78 is 0. The van der Waals surface area contributed by atoms with E-state index in [0.29, 0.717) is 17.6 Å². The molecule has 0 saturated heterocycles. The lowest BCUT2D eigenvalue weighted by Crippen LogP contribution is -2.43. The Hall–Kier alpha value is -0.330. The van der Waals surface area contributed by atoms with Gasteiger partial charge in [-0.2, -0.15) is 0 Å². The van der Waals surface area contributed by atoms with Crippen LogP contribution in [0.25, 0.3) is 0 Å². The summed E-state index contributed by atoms with van der Waals surface area (Å²) in [6.45, 7) is 4.44. The molecule has 0 amide bonds. The molecule has 2 rings (SSSR count). The molecule has 3 atom stereocenters. The smallest absolute Gasteiger partial charge is 0.139 e. The van der Waals surface area contributed by atoms with Gasteiger partial charge in [0.1, 0.15) is 5.78 Å². The van der Waals surface area contributed by atoms with E-state index >= 15 is 0 Å². The van der Waals surface area contributed by atoms with Crippen LogP contribution in [0, 0.1) is 17.3 Å². The van der Waals surface area contributed by atoms with Crippen LogP contribution in [0.1, 0.15) is 52.4 Å². The third-order valence-corrected chi connectivity index (χ3v) is 4.26. The molecule has 0 aromatic rings. The van der Waals surface area contributed by atoms with E-state index in [1.807, 2.05) is 0 Å². The third kappa shape index (κ3) is 1.43. The molecule has 2 fully saturated rings. The van der Waals surface area contributed by atoms with Crippen molar-refractivity contribution < 1.29 is 4.79 Å². The number of ketones is 1. The molecule has 0 unspecified atom stereocenters. The second-order valence-corrected chi connectivity index (χ2v) is 5.33. The van der Waals surface area contributed by atoms with Gasteiger partial charge in [0.2, 0.25) is 0 Å². The molecule has 0 bridgehead atoms. The average molecular weight is 180 g/mol. The first-order valence-corrected chi connectivity index (χ1v) is 5.66. The van der Waals surface area contributed by atoms with Crippen LogP contribution in [0.3, 0.4) is 0 Å². The molecule has 1 nitrogen and oxygen atoms in total. The van der Waals surface area contributed by atoms with Gasteiger partial charge < -0.3 is 0 Å². The van der Waals surface area contributed by atoms with E-state index in [1.165, 1.54) is 25.7 Å². The second-order valence-electron chi connectivity index (χ2n) is 5.33. The van der Waals surface area contributed by atoms with Crippen molar-refractivity contribution in [1.82, 2.24) is 0 Å². The number of rotatable bonds is 0. The van der Waals surface area contributed by atoms with E-state index < -0.39 is 0 Å². The average Bonchev–Trinajstić information content (AvgIpc) is 2.07. The predicted molar refractivity (Wildman–Crippen MR) is 53.5 cm³/mol. The van der Waals surface area contributed by atoms with Gasteiger partial charge >= 0.3 is 0 Å². The maximum atomic E-state index is 12.0. The minimum atomic E-state index is 0.0742. The van der Waals surface area contributed by atoms with Crippen LogP contribution in [0.4, 0.5) is 0 Å². The monoisotopic (exact) mass is 180 g/mol. The molecule has 0 aliphatic heterocycles. The zero-order valence-electron chi connectivity index (χ0n) is 8.81. The van der Waals surface area contributed by atoms with Gasteiger partial charge in [0.15, 0.2) is 0 Å². The van der Waals surface area contributed by atoms with Crippen molar-refractivity contribution in [3.63, 3.8) is 0 Å². The summed E-state index contributed by atoms with van der Waals surface area (Å²) in [5.41, 5.74) is 0.0742. The summed E-state index contributed by atoms with van der Waals surface area (Å²) in [5.74, 6) is 1.90. The number of hydrogen-bond donors (Lipinski definition) is 0. The van der Waals surface area contributed by atoms with Crippen molar-refractivity contribution in [2.75, 3.05) is 0 Å². The molecule has 0 spiro atoms. The van der Waals surface area contributed by atoms with Crippen molar-refractivity contribution in [2.45, 2.75) is 52.4 Å². The maximum Gasteiger partial charge on any atom is 0.139 e. The van der Waals surface area contributed by atoms with Crippen molar-refractivity contribution in [1.29, 1.82) is 0 Å². The summed E-state index contributed by atoms with van der Waals surface area (Å²) in [7, 11) is 0. The number of fused-ring (bicyclic) bond motifs is 1. The lowest BCUT2D eigenvalue weighted by atomic mass is 9.58. The molecule has 0 radical (unpaired) electrons. The molecule has 1 heteroatoms. The molecule has 0 heterocycles. The summed E-state index contributed by atoms with van der Waals surface area (Å²) >= 11 is 0. The Morgan fingerprint density at radius 1 is 1.38 bits per heavy atom. The topological polar surface area (TPSA) is 17.1 Å². The fourth-order valence-corrected chi connectivity index (χ4v) is 3.27. The van der Waals surface area contributed by atoms with E-state index in [4.69, 9.17) is 0 Å². The Morgan fingerprint density at radius 2 is 2.15 bits per heavy atom. The number of Topliss-reactive ketones (excluding diaryl/α,β-unsaturated/α-hetero) is 1. The molecule has 0 aromatic heterocycles. The van der Waals surface area contributed by atoms with Crippen LogP contribution in [-0.2, 0) is 4.79 Å². The van der Waals surface area contributed by atoms with Crippen LogP contribution < -0.4 is 0 Å². The minimum Gasteiger partial charge on any atom is -0.299 e. The third-order valence-electron chi connectivity index (χ3n) is 4.26. The SMILES string of the molecule is C[C@@H]1CC(=O)[C@@]2(C)CCCC[C@@H]2C1. The zero-order valence-corrected chi connectivity index (χ0v) is 8.81. The predicted octanol–water partition coefficient (Wildman–Crippen LogP) is 3.18. The highest BCUT2D eigenvalue weighted by Gasteiger charge is 2.45. The molecule has 2 saturated carbocycles. The molecule has 74 valence electrons. The van der Waals surface area contributed by atoms with Crippen LogP contribution in [0.2, 0.25) is 0 Å². The normalized spacial score (nSPS) is 45.8. The molecule has 0 aromatic carbocycles. The van der Waals surface area contributed by atoms with Gasteiger partial charge in [-0.25, -0.2) is 0 Å². The van der Waals surface area contributed by atoms with E-state index in [9.17, 15) is 4.79 Å². The van der Waals surface area contributed by atoms with Crippen molar-refractivity contribution in [2.24, 2.45) is 17.3 Å². The highest BCUT2D eigenvalue weighted by Crippen LogP contribution is 2.49. The summed E-state index contributed by atoms with van der Waals surface area (Å²) in [6.07, 6.45) is 7.21. The Labute approximate surface area is 80.9 Å². The van der Waals surface area contributed by atoms with E-state index in [-0.39, 0.29) is 5.41 Å². The lowest BCUT2D eigenvalue weighted by molar-refractivity contribution is -0.138. The van der Waals surface area contributed by atoms with E-state index in [2.05, 4.69) is 13.8 Å². The van der Waals surface area contributed by atoms with Gasteiger partial charge in [-0.05, 0) is 31.1 Å². The second kappa shape index (κ2) is 3.11. The number of hydrogen-bond acceptors (Lipinski definition) is 1. The first-order chi connectivity index (χ1) is 6.13. The van der Waals surface area contributed by atoms with Gasteiger partial charge in [0, 0.05) is 11.8 Å².